The van der Waals surface area contributed by atoms with Crippen molar-refractivity contribution in [1.29, 1.82) is 0 Å². The van der Waals surface area contributed by atoms with Crippen LogP contribution in [-0.4, -0.2) is 35.8 Å². The molecule has 98 valence electrons. The zero-order valence-electron chi connectivity index (χ0n) is 10.6. The van der Waals surface area contributed by atoms with Crippen LogP contribution in [0.2, 0.25) is 0 Å². The van der Waals surface area contributed by atoms with Gasteiger partial charge in [-0.3, -0.25) is 4.79 Å². The number of aliphatic hydroxyl groups is 1. The van der Waals surface area contributed by atoms with E-state index in [9.17, 15) is 9.90 Å². The van der Waals surface area contributed by atoms with Crippen molar-refractivity contribution >= 4 is 11.6 Å². The number of fused-ring (bicyclic) bond motifs is 1. The van der Waals surface area contributed by atoms with E-state index in [1.54, 1.807) is 13.8 Å². The fourth-order valence-electron chi connectivity index (χ4n) is 1.68. The number of hydrogen-bond donors (Lipinski definition) is 3. The van der Waals surface area contributed by atoms with E-state index in [1.807, 2.05) is 24.3 Å². The fourth-order valence-corrected chi connectivity index (χ4v) is 1.68. The maximum absolute atomic E-state index is 11.9. The maximum Gasteiger partial charge on any atom is 0.263 e. The fraction of sp³-hybridized carbons (Fsp3) is 0.462. The van der Waals surface area contributed by atoms with Crippen LogP contribution in [0.5, 0.6) is 5.75 Å². The van der Waals surface area contributed by atoms with Gasteiger partial charge < -0.3 is 20.5 Å². The van der Waals surface area contributed by atoms with Crippen LogP contribution in [0.1, 0.15) is 13.8 Å². The van der Waals surface area contributed by atoms with Gasteiger partial charge in [0.05, 0.1) is 17.8 Å². The van der Waals surface area contributed by atoms with Crippen LogP contribution in [0.15, 0.2) is 24.3 Å². The summed E-state index contributed by atoms with van der Waals surface area (Å²) in [7, 11) is 0. The van der Waals surface area contributed by atoms with Crippen LogP contribution in [0.3, 0.4) is 0 Å². The molecular weight excluding hydrogens is 232 g/mol. The molecule has 1 aliphatic rings. The van der Waals surface area contributed by atoms with Crippen molar-refractivity contribution < 1.29 is 14.6 Å². The third-order valence-electron chi connectivity index (χ3n) is 2.62. The lowest BCUT2D eigenvalue weighted by atomic mass is 10.1. The van der Waals surface area contributed by atoms with Gasteiger partial charge in [0, 0.05) is 6.54 Å². The highest BCUT2D eigenvalue weighted by Gasteiger charge is 2.26. The highest BCUT2D eigenvalue weighted by molar-refractivity contribution is 5.83. The first-order chi connectivity index (χ1) is 8.46. The Labute approximate surface area is 106 Å². The summed E-state index contributed by atoms with van der Waals surface area (Å²) in [6, 6.07) is 7.49. The van der Waals surface area contributed by atoms with Crippen molar-refractivity contribution in [3.8, 4) is 5.75 Å². The number of rotatable bonds is 3. The van der Waals surface area contributed by atoms with Crippen LogP contribution in [0, 0.1) is 0 Å². The highest BCUT2D eigenvalue weighted by Crippen LogP contribution is 2.28. The summed E-state index contributed by atoms with van der Waals surface area (Å²) in [6.45, 7) is 3.91. The van der Waals surface area contributed by atoms with Crippen LogP contribution < -0.4 is 15.4 Å². The van der Waals surface area contributed by atoms with E-state index < -0.39 is 11.7 Å². The number of carbonyl (C=O) groups excluding carboxylic acids is 1. The molecule has 1 heterocycles. The van der Waals surface area contributed by atoms with Crippen LogP contribution in [0.25, 0.3) is 0 Å². The summed E-state index contributed by atoms with van der Waals surface area (Å²) >= 11 is 0. The lowest BCUT2D eigenvalue weighted by Crippen LogP contribution is -2.48. The number of carbonyl (C=O) groups is 1. The molecule has 18 heavy (non-hydrogen) atoms. The molecule has 1 atom stereocenters. The highest BCUT2D eigenvalue weighted by atomic mass is 16.5. The molecule has 5 heteroatoms. The number of ether oxygens (including phenoxy) is 1. The van der Waals surface area contributed by atoms with Gasteiger partial charge in [0.25, 0.3) is 5.91 Å². The second-order valence-electron chi connectivity index (χ2n) is 5.01. The van der Waals surface area contributed by atoms with Gasteiger partial charge in [-0.2, -0.15) is 0 Å². The molecule has 5 nitrogen and oxygen atoms in total. The Bertz CT molecular complexity index is 440. The molecule has 1 unspecified atom stereocenters. The van der Waals surface area contributed by atoms with Crippen LogP contribution in [0.4, 0.5) is 5.69 Å². The van der Waals surface area contributed by atoms with Gasteiger partial charge in [0.2, 0.25) is 0 Å². The lowest BCUT2D eigenvalue weighted by Gasteiger charge is -2.27. The van der Waals surface area contributed by atoms with Gasteiger partial charge in [-0.25, -0.2) is 0 Å². The molecule has 1 amide bonds. The summed E-state index contributed by atoms with van der Waals surface area (Å²) in [5, 5.41) is 15.4. The molecule has 2 rings (SSSR count). The Morgan fingerprint density at radius 2 is 2.28 bits per heavy atom. The summed E-state index contributed by atoms with van der Waals surface area (Å²) in [5.41, 5.74) is -0.0283. The average molecular weight is 250 g/mol. The molecule has 0 aliphatic carbocycles. The molecule has 1 aromatic rings. The lowest BCUT2D eigenvalue weighted by molar-refractivity contribution is -0.128. The second kappa shape index (κ2) is 4.86. The molecule has 0 radical (unpaired) electrons. The maximum atomic E-state index is 11.9. The predicted octanol–water partition coefficient (Wildman–Crippen LogP) is 0.747. The van der Waals surface area contributed by atoms with Gasteiger partial charge in [0.15, 0.2) is 6.10 Å². The van der Waals surface area contributed by atoms with E-state index in [-0.39, 0.29) is 12.5 Å². The SMILES string of the molecule is CC(C)(O)CNC(=O)C1CNc2ccccc2O1. The van der Waals surface area contributed by atoms with E-state index >= 15 is 0 Å². The molecule has 3 N–H and O–H groups in total. The van der Waals surface area contributed by atoms with Gasteiger partial charge in [-0.1, -0.05) is 12.1 Å². The number of benzene rings is 1. The zero-order valence-corrected chi connectivity index (χ0v) is 10.6. The molecule has 0 saturated carbocycles. The summed E-state index contributed by atoms with van der Waals surface area (Å²) in [6.07, 6.45) is -0.567. The third kappa shape index (κ3) is 3.13. The minimum absolute atomic E-state index is 0.202. The summed E-state index contributed by atoms with van der Waals surface area (Å²) in [4.78, 5) is 11.9. The van der Waals surface area contributed by atoms with Gasteiger partial charge in [-0.05, 0) is 26.0 Å². The van der Waals surface area contributed by atoms with Crippen molar-refractivity contribution in [2.75, 3.05) is 18.4 Å². The normalized spacial score (nSPS) is 18.3. The van der Waals surface area contributed by atoms with Gasteiger partial charge in [-0.15, -0.1) is 0 Å². The van der Waals surface area contributed by atoms with E-state index in [0.717, 1.165) is 5.69 Å². The molecule has 0 saturated heterocycles. The topological polar surface area (TPSA) is 70.6 Å². The molecule has 0 fully saturated rings. The van der Waals surface area contributed by atoms with Crippen LogP contribution in [-0.2, 0) is 4.79 Å². The quantitative estimate of drug-likeness (QED) is 0.740. The Hall–Kier alpha value is -1.75. The first kappa shape index (κ1) is 12.7. The monoisotopic (exact) mass is 250 g/mol. The van der Waals surface area contributed by atoms with Crippen LogP contribution >= 0.6 is 0 Å². The van der Waals surface area contributed by atoms with Crippen molar-refractivity contribution in [3.05, 3.63) is 24.3 Å². The first-order valence-corrected chi connectivity index (χ1v) is 5.95. The molecular formula is C13H18N2O3. The van der Waals surface area contributed by atoms with Crippen molar-refractivity contribution in [2.45, 2.75) is 25.6 Å². The molecule has 0 aromatic heterocycles. The molecule has 0 spiro atoms. The smallest absolute Gasteiger partial charge is 0.263 e. The molecule has 1 aromatic carbocycles. The molecule has 0 bridgehead atoms. The van der Waals surface area contributed by atoms with Crippen molar-refractivity contribution in [1.82, 2.24) is 5.32 Å². The number of hydrogen-bond acceptors (Lipinski definition) is 4. The van der Waals surface area contributed by atoms with E-state index in [2.05, 4.69) is 10.6 Å². The third-order valence-corrected chi connectivity index (χ3v) is 2.62. The van der Waals surface area contributed by atoms with Crippen molar-refractivity contribution in [3.63, 3.8) is 0 Å². The number of amides is 1. The Balaban J connectivity index is 1.95. The number of anilines is 1. The zero-order chi connectivity index (χ0) is 13.2. The van der Waals surface area contributed by atoms with Crippen molar-refractivity contribution in [2.24, 2.45) is 0 Å². The summed E-state index contributed by atoms with van der Waals surface area (Å²) in [5.74, 6) is 0.450. The van der Waals surface area contributed by atoms with E-state index in [4.69, 9.17) is 4.74 Å². The minimum atomic E-state index is -0.921. The van der Waals surface area contributed by atoms with Gasteiger partial charge in [0.1, 0.15) is 5.75 Å². The number of para-hydroxylation sites is 2. The Kier molecular flexibility index (Phi) is 3.43. The standard InChI is InChI=1S/C13H18N2O3/c1-13(2,17)8-15-12(16)11-7-14-9-5-3-4-6-10(9)18-11/h3-6,11,14,17H,7-8H2,1-2H3,(H,15,16). The first-order valence-electron chi connectivity index (χ1n) is 5.95. The Morgan fingerprint density at radius 3 is 3.00 bits per heavy atom. The average Bonchev–Trinajstić information content (AvgIpc) is 2.34. The van der Waals surface area contributed by atoms with Gasteiger partial charge >= 0.3 is 0 Å². The second-order valence-corrected chi connectivity index (χ2v) is 5.01. The summed E-state index contributed by atoms with van der Waals surface area (Å²) < 4.78 is 5.60. The van der Waals surface area contributed by atoms with E-state index in [1.165, 1.54) is 0 Å². The molecule has 1 aliphatic heterocycles. The van der Waals surface area contributed by atoms with E-state index in [0.29, 0.717) is 12.3 Å². The Morgan fingerprint density at radius 1 is 1.56 bits per heavy atom. The number of nitrogens with one attached hydrogen (secondary N) is 2. The largest absolute Gasteiger partial charge is 0.477 e. The minimum Gasteiger partial charge on any atom is -0.477 e. The predicted molar refractivity (Wildman–Crippen MR) is 68.7 cm³/mol.